The van der Waals surface area contributed by atoms with Gasteiger partial charge in [0.25, 0.3) is 5.91 Å². The largest absolute Gasteiger partial charge is 0.321 e. The lowest BCUT2D eigenvalue weighted by atomic mass is 10.1. The van der Waals surface area contributed by atoms with Crippen molar-refractivity contribution >= 4 is 50.0 Å². The molecule has 0 unspecified atom stereocenters. The summed E-state index contributed by atoms with van der Waals surface area (Å²) in [6.07, 6.45) is 1.73. The van der Waals surface area contributed by atoms with Crippen molar-refractivity contribution in [2.24, 2.45) is 0 Å². The average molecular weight is 362 g/mol. The van der Waals surface area contributed by atoms with Gasteiger partial charge in [0, 0.05) is 17.1 Å². The van der Waals surface area contributed by atoms with Crippen molar-refractivity contribution < 1.29 is 4.79 Å². The number of halogens is 2. The van der Waals surface area contributed by atoms with Crippen LogP contribution in [0.3, 0.4) is 0 Å². The standard InChI is InChI=1S/C16H10BrClN2O/c17-15-12(18)4-1-5-14(15)20-16(21)11-6-7-13-10(9-11)3-2-8-19-13/h1-9H,(H,20,21). The van der Waals surface area contributed by atoms with Crippen molar-refractivity contribution in [3.63, 3.8) is 0 Å². The van der Waals surface area contributed by atoms with E-state index in [4.69, 9.17) is 11.6 Å². The first kappa shape index (κ1) is 14.0. The molecular weight excluding hydrogens is 352 g/mol. The molecule has 21 heavy (non-hydrogen) atoms. The van der Waals surface area contributed by atoms with Crippen molar-refractivity contribution in [1.29, 1.82) is 0 Å². The number of carbonyl (C=O) groups is 1. The van der Waals surface area contributed by atoms with Gasteiger partial charge < -0.3 is 5.32 Å². The molecular formula is C16H10BrClN2O. The topological polar surface area (TPSA) is 42.0 Å². The summed E-state index contributed by atoms with van der Waals surface area (Å²) >= 11 is 9.38. The Kier molecular flexibility index (Phi) is 3.90. The van der Waals surface area contributed by atoms with E-state index in [0.717, 1.165) is 10.9 Å². The zero-order chi connectivity index (χ0) is 14.8. The summed E-state index contributed by atoms with van der Waals surface area (Å²) in [6.45, 7) is 0. The first-order valence-electron chi connectivity index (χ1n) is 6.25. The second-order valence-electron chi connectivity index (χ2n) is 4.47. The highest BCUT2D eigenvalue weighted by molar-refractivity contribution is 9.10. The van der Waals surface area contributed by atoms with E-state index in [2.05, 4.69) is 26.2 Å². The van der Waals surface area contributed by atoms with E-state index in [1.165, 1.54) is 0 Å². The lowest BCUT2D eigenvalue weighted by Crippen LogP contribution is -2.12. The molecule has 0 atom stereocenters. The maximum Gasteiger partial charge on any atom is 0.255 e. The molecule has 0 aliphatic carbocycles. The van der Waals surface area contributed by atoms with E-state index in [-0.39, 0.29) is 5.91 Å². The summed E-state index contributed by atoms with van der Waals surface area (Å²) in [4.78, 5) is 16.6. The van der Waals surface area contributed by atoms with E-state index in [9.17, 15) is 4.79 Å². The van der Waals surface area contributed by atoms with Crippen LogP contribution in [0.25, 0.3) is 10.9 Å². The van der Waals surface area contributed by atoms with Crippen molar-refractivity contribution in [2.75, 3.05) is 5.32 Å². The molecule has 5 heteroatoms. The molecule has 2 aromatic carbocycles. The zero-order valence-corrected chi connectivity index (χ0v) is 13.1. The lowest BCUT2D eigenvalue weighted by molar-refractivity contribution is 0.102. The van der Waals surface area contributed by atoms with Crippen LogP contribution in [-0.4, -0.2) is 10.9 Å². The molecule has 3 nitrogen and oxygen atoms in total. The average Bonchev–Trinajstić information content (AvgIpc) is 2.51. The Labute approximate surface area is 135 Å². The second kappa shape index (κ2) is 5.84. The van der Waals surface area contributed by atoms with Gasteiger partial charge >= 0.3 is 0 Å². The molecule has 0 aliphatic heterocycles. The van der Waals surface area contributed by atoms with Gasteiger partial charge in [-0.05, 0) is 52.3 Å². The third-order valence-electron chi connectivity index (χ3n) is 3.06. The van der Waals surface area contributed by atoms with E-state index in [1.807, 2.05) is 24.3 Å². The molecule has 0 fully saturated rings. The summed E-state index contributed by atoms with van der Waals surface area (Å²) in [7, 11) is 0. The van der Waals surface area contributed by atoms with Gasteiger partial charge in [0.05, 0.1) is 20.7 Å². The molecule has 104 valence electrons. The Morgan fingerprint density at radius 2 is 2.00 bits per heavy atom. The quantitative estimate of drug-likeness (QED) is 0.705. The predicted octanol–water partition coefficient (Wildman–Crippen LogP) is 4.90. The van der Waals surface area contributed by atoms with Crippen molar-refractivity contribution in [3.05, 3.63) is 69.8 Å². The van der Waals surface area contributed by atoms with Crippen LogP contribution in [0.5, 0.6) is 0 Å². The number of hydrogen-bond donors (Lipinski definition) is 1. The van der Waals surface area contributed by atoms with Crippen LogP contribution in [0.2, 0.25) is 5.02 Å². The van der Waals surface area contributed by atoms with Crippen molar-refractivity contribution in [3.8, 4) is 0 Å². The number of nitrogens with zero attached hydrogens (tertiary/aromatic N) is 1. The number of amides is 1. The summed E-state index contributed by atoms with van der Waals surface area (Å²) < 4.78 is 0.669. The smallest absolute Gasteiger partial charge is 0.255 e. The van der Waals surface area contributed by atoms with Crippen LogP contribution in [0.1, 0.15) is 10.4 Å². The van der Waals surface area contributed by atoms with Gasteiger partial charge in [0.15, 0.2) is 0 Å². The molecule has 0 aliphatic rings. The molecule has 0 bridgehead atoms. The van der Waals surface area contributed by atoms with E-state index < -0.39 is 0 Å². The molecule has 0 saturated carbocycles. The lowest BCUT2D eigenvalue weighted by Gasteiger charge is -2.09. The Morgan fingerprint density at radius 1 is 1.14 bits per heavy atom. The first-order chi connectivity index (χ1) is 10.1. The monoisotopic (exact) mass is 360 g/mol. The zero-order valence-electron chi connectivity index (χ0n) is 10.8. The third kappa shape index (κ3) is 2.91. The van der Waals surface area contributed by atoms with Crippen LogP contribution in [0, 0.1) is 0 Å². The highest BCUT2D eigenvalue weighted by Gasteiger charge is 2.10. The van der Waals surface area contributed by atoms with Gasteiger partial charge in [-0.25, -0.2) is 0 Å². The summed E-state index contributed by atoms with van der Waals surface area (Å²) in [5, 5.41) is 4.32. The minimum absolute atomic E-state index is 0.191. The molecule has 1 amide bonds. The predicted molar refractivity (Wildman–Crippen MR) is 88.8 cm³/mol. The van der Waals surface area contributed by atoms with Crippen LogP contribution in [-0.2, 0) is 0 Å². The number of carbonyl (C=O) groups excluding carboxylic acids is 1. The molecule has 0 radical (unpaired) electrons. The fourth-order valence-electron chi connectivity index (χ4n) is 2.01. The van der Waals surface area contributed by atoms with E-state index in [0.29, 0.717) is 20.7 Å². The number of aromatic nitrogens is 1. The number of hydrogen-bond acceptors (Lipinski definition) is 2. The van der Waals surface area contributed by atoms with Crippen LogP contribution in [0.4, 0.5) is 5.69 Å². The number of benzene rings is 2. The number of pyridine rings is 1. The highest BCUT2D eigenvalue weighted by Crippen LogP contribution is 2.30. The fraction of sp³-hybridized carbons (Fsp3) is 0. The van der Waals surface area contributed by atoms with Gasteiger partial charge in [-0.2, -0.15) is 0 Å². The summed E-state index contributed by atoms with van der Waals surface area (Å²) in [5.41, 5.74) is 2.07. The van der Waals surface area contributed by atoms with E-state index >= 15 is 0 Å². The Hall–Kier alpha value is -1.91. The van der Waals surface area contributed by atoms with Gasteiger partial charge in [-0.15, -0.1) is 0 Å². The van der Waals surface area contributed by atoms with Gasteiger partial charge in [-0.1, -0.05) is 23.7 Å². The molecule has 3 aromatic rings. The van der Waals surface area contributed by atoms with Crippen LogP contribution >= 0.6 is 27.5 Å². The number of anilines is 1. The van der Waals surface area contributed by atoms with Crippen LogP contribution < -0.4 is 5.32 Å². The molecule has 0 saturated heterocycles. The Morgan fingerprint density at radius 3 is 2.86 bits per heavy atom. The minimum atomic E-state index is -0.191. The number of nitrogens with one attached hydrogen (secondary N) is 1. The van der Waals surface area contributed by atoms with E-state index in [1.54, 1.807) is 30.5 Å². The normalized spacial score (nSPS) is 10.6. The van der Waals surface area contributed by atoms with Gasteiger partial charge in [0.2, 0.25) is 0 Å². The molecule has 1 N–H and O–H groups in total. The minimum Gasteiger partial charge on any atom is -0.321 e. The Bertz CT molecular complexity index is 835. The van der Waals surface area contributed by atoms with Crippen molar-refractivity contribution in [2.45, 2.75) is 0 Å². The second-order valence-corrected chi connectivity index (χ2v) is 5.67. The molecule has 1 aromatic heterocycles. The Balaban J connectivity index is 1.91. The SMILES string of the molecule is O=C(Nc1cccc(Cl)c1Br)c1ccc2ncccc2c1. The highest BCUT2D eigenvalue weighted by atomic mass is 79.9. The summed E-state index contributed by atoms with van der Waals surface area (Å²) in [5.74, 6) is -0.191. The molecule has 3 rings (SSSR count). The van der Waals surface area contributed by atoms with Gasteiger partial charge in [-0.3, -0.25) is 9.78 Å². The fourth-order valence-corrected chi connectivity index (χ4v) is 2.55. The number of rotatable bonds is 2. The maximum absolute atomic E-state index is 12.3. The summed E-state index contributed by atoms with van der Waals surface area (Å²) in [6, 6.07) is 14.5. The molecule has 1 heterocycles. The molecule has 0 spiro atoms. The van der Waals surface area contributed by atoms with Gasteiger partial charge in [0.1, 0.15) is 0 Å². The maximum atomic E-state index is 12.3. The first-order valence-corrected chi connectivity index (χ1v) is 7.42. The third-order valence-corrected chi connectivity index (χ3v) is 4.46. The number of fused-ring (bicyclic) bond motifs is 1. The van der Waals surface area contributed by atoms with Crippen LogP contribution in [0.15, 0.2) is 59.2 Å². The van der Waals surface area contributed by atoms with Crippen molar-refractivity contribution in [1.82, 2.24) is 4.98 Å².